The monoisotopic (exact) mass is 260 g/mol. The Morgan fingerprint density at radius 2 is 1.79 bits per heavy atom. The van der Waals surface area contributed by atoms with E-state index in [-0.39, 0.29) is 0 Å². The van der Waals surface area contributed by atoms with Crippen molar-refractivity contribution in [2.24, 2.45) is 0 Å². The van der Waals surface area contributed by atoms with Crippen molar-refractivity contribution < 1.29 is 9.90 Å². The van der Waals surface area contributed by atoms with Gasteiger partial charge in [-0.05, 0) is 25.5 Å². The zero-order valence-electron chi connectivity index (χ0n) is 9.10. The molecule has 0 aromatic heterocycles. The molecule has 0 aliphatic carbocycles. The Labute approximate surface area is 94.1 Å². The molecule has 0 spiro atoms. The SMILES string of the molecule is C=C/C(C)=C(Br)/C=C(\C)C(=O)O.CC. The average Bonchev–Trinajstić information content (AvgIpc) is 2.19. The minimum absolute atomic E-state index is 0.295. The van der Waals surface area contributed by atoms with Crippen molar-refractivity contribution in [1.82, 2.24) is 0 Å². The first kappa shape index (κ1) is 15.6. The summed E-state index contributed by atoms with van der Waals surface area (Å²) in [6.45, 7) is 11.0. The number of rotatable bonds is 3. The third-order valence-corrected chi connectivity index (χ3v) is 2.22. The average molecular weight is 261 g/mol. The first-order valence-electron chi connectivity index (χ1n) is 4.39. The summed E-state index contributed by atoms with van der Waals surface area (Å²) in [6, 6.07) is 0. The zero-order valence-corrected chi connectivity index (χ0v) is 10.7. The lowest BCUT2D eigenvalue weighted by molar-refractivity contribution is -0.132. The highest BCUT2D eigenvalue weighted by molar-refractivity contribution is 9.11. The van der Waals surface area contributed by atoms with Crippen LogP contribution in [0.1, 0.15) is 27.7 Å². The smallest absolute Gasteiger partial charge is 0.331 e. The largest absolute Gasteiger partial charge is 0.478 e. The number of carboxylic acid groups (broad SMARTS) is 1. The van der Waals surface area contributed by atoms with Gasteiger partial charge in [-0.2, -0.15) is 0 Å². The minimum Gasteiger partial charge on any atom is -0.478 e. The van der Waals surface area contributed by atoms with Gasteiger partial charge in [0.1, 0.15) is 0 Å². The predicted octanol–water partition coefficient (Wildman–Crippen LogP) is 3.90. The summed E-state index contributed by atoms with van der Waals surface area (Å²) in [5.74, 6) is -0.913. The Hall–Kier alpha value is -0.830. The molecule has 0 aromatic rings. The maximum Gasteiger partial charge on any atom is 0.331 e. The first-order chi connectivity index (χ1) is 6.49. The fourth-order valence-corrected chi connectivity index (χ4v) is 0.968. The number of allylic oxidation sites excluding steroid dienone is 4. The summed E-state index contributed by atoms with van der Waals surface area (Å²) in [4.78, 5) is 10.4. The number of hydrogen-bond acceptors (Lipinski definition) is 1. The van der Waals surface area contributed by atoms with Gasteiger partial charge in [0.15, 0.2) is 0 Å². The van der Waals surface area contributed by atoms with Crippen LogP contribution in [0.3, 0.4) is 0 Å². The minimum atomic E-state index is -0.913. The molecule has 0 aromatic carbocycles. The third kappa shape index (κ3) is 6.66. The lowest BCUT2D eigenvalue weighted by Gasteiger charge is -1.96. The second-order valence-corrected chi connectivity index (χ2v) is 3.22. The van der Waals surface area contributed by atoms with Gasteiger partial charge in [-0.25, -0.2) is 4.79 Å². The van der Waals surface area contributed by atoms with Crippen molar-refractivity contribution in [1.29, 1.82) is 0 Å². The van der Waals surface area contributed by atoms with E-state index in [0.717, 1.165) is 10.1 Å². The molecule has 0 amide bonds. The van der Waals surface area contributed by atoms with E-state index in [9.17, 15) is 4.79 Å². The summed E-state index contributed by atoms with van der Waals surface area (Å²) in [5.41, 5.74) is 1.21. The van der Waals surface area contributed by atoms with Crippen LogP contribution < -0.4 is 0 Å². The molecule has 2 nitrogen and oxygen atoms in total. The molecular formula is C11H17BrO2. The van der Waals surface area contributed by atoms with Crippen LogP contribution in [0.15, 0.2) is 34.4 Å². The van der Waals surface area contributed by atoms with E-state index in [1.54, 1.807) is 19.1 Å². The van der Waals surface area contributed by atoms with Gasteiger partial charge in [0.05, 0.1) is 0 Å². The quantitative estimate of drug-likeness (QED) is 0.618. The Bertz CT molecular complexity index is 262. The number of halogens is 1. The maximum absolute atomic E-state index is 10.4. The molecule has 0 bridgehead atoms. The highest BCUT2D eigenvalue weighted by Crippen LogP contribution is 2.15. The Kier molecular flexibility index (Phi) is 9.78. The summed E-state index contributed by atoms with van der Waals surface area (Å²) in [5, 5.41) is 8.55. The Morgan fingerprint density at radius 3 is 2.07 bits per heavy atom. The topological polar surface area (TPSA) is 37.3 Å². The maximum atomic E-state index is 10.4. The second kappa shape index (κ2) is 8.75. The summed E-state index contributed by atoms with van der Waals surface area (Å²) in [7, 11) is 0. The molecule has 0 radical (unpaired) electrons. The van der Waals surface area contributed by atoms with Crippen LogP contribution in [0.4, 0.5) is 0 Å². The van der Waals surface area contributed by atoms with Gasteiger partial charge >= 0.3 is 5.97 Å². The van der Waals surface area contributed by atoms with Gasteiger partial charge in [0.2, 0.25) is 0 Å². The van der Waals surface area contributed by atoms with E-state index >= 15 is 0 Å². The normalized spacial score (nSPS) is 12.2. The van der Waals surface area contributed by atoms with Gasteiger partial charge in [0.25, 0.3) is 0 Å². The van der Waals surface area contributed by atoms with Crippen molar-refractivity contribution >= 4 is 21.9 Å². The molecular weight excluding hydrogens is 244 g/mol. The standard InChI is InChI=1S/C9H11BrO2.C2H6/c1-4-6(2)8(10)5-7(3)9(11)12;1-2/h4-5H,1H2,2-3H3,(H,11,12);1-2H3/b7-5+,8-6-;. The van der Waals surface area contributed by atoms with Crippen molar-refractivity contribution in [3.05, 3.63) is 34.4 Å². The molecule has 1 N–H and O–H groups in total. The molecule has 0 rings (SSSR count). The van der Waals surface area contributed by atoms with Crippen molar-refractivity contribution in [3.63, 3.8) is 0 Å². The van der Waals surface area contributed by atoms with Crippen LogP contribution >= 0.6 is 15.9 Å². The van der Waals surface area contributed by atoms with E-state index < -0.39 is 5.97 Å². The van der Waals surface area contributed by atoms with Crippen LogP contribution in [0.5, 0.6) is 0 Å². The molecule has 0 saturated heterocycles. The van der Waals surface area contributed by atoms with Gasteiger partial charge in [-0.15, -0.1) is 0 Å². The number of carbonyl (C=O) groups is 1. The van der Waals surface area contributed by atoms with Crippen LogP contribution in [0, 0.1) is 0 Å². The highest BCUT2D eigenvalue weighted by atomic mass is 79.9. The lowest BCUT2D eigenvalue weighted by Crippen LogP contribution is -1.95. The second-order valence-electron chi connectivity index (χ2n) is 2.37. The number of hydrogen-bond donors (Lipinski definition) is 1. The number of carboxylic acids is 1. The molecule has 3 heteroatoms. The van der Waals surface area contributed by atoms with Crippen LogP contribution in [0.2, 0.25) is 0 Å². The summed E-state index contributed by atoms with van der Waals surface area (Å²) in [6.07, 6.45) is 3.22. The molecule has 0 atom stereocenters. The van der Waals surface area contributed by atoms with Gasteiger partial charge in [-0.1, -0.05) is 42.4 Å². The zero-order chi connectivity index (χ0) is 11.7. The first-order valence-corrected chi connectivity index (χ1v) is 5.18. The fraction of sp³-hybridized carbons (Fsp3) is 0.364. The van der Waals surface area contributed by atoms with E-state index in [4.69, 9.17) is 5.11 Å². The lowest BCUT2D eigenvalue weighted by atomic mass is 10.2. The third-order valence-electron chi connectivity index (χ3n) is 1.36. The van der Waals surface area contributed by atoms with Gasteiger partial charge in [0, 0.05) is 10.1 Å². The predicted molar refractivity (Wildman–Crippen MR) is 64.6 cm³/mol. The Morgan fingerprint density at radius 1 is 1.36 bits per heavy atom. The van der Waals surface area contributed by atoms with Crippen molar-refractivity contribution in [3.8, 4) is 0 Å². The molecule has 14 heavy (non-hydrogen) atoms. The van der Waals surface area contributed by atoms with Gasteiger partial charge < -0.3 is 5.11 Å². The van der Waals surface area contributed by atoms with E-state index in [1.165, 1.54) is 0 Å². The van der Waals surface area contributed by atoms with E-state index in [2.05, 4.69) is 22.5 Å². The molecule has 0 fully saturated rings. The summed E-state index contributed by atoms with van der Waals surface area (Å²) >= 11 is 3.24. The van der Waals surface area contributed by atoms with Crippen molar-refractivity contribution in [2.75, 3.05) is 0 Å². The molecule has 0 aliphatic rings. The van der Waals surface area contributed by atoms with Crippen LogP contribution in [0.25, 0.3) is 0 Å². The molecule has 80 valence electrons. The number of aliphatic carboxylic acids is 1. The van der Waals surface area contributed by atoms with Crippen LogP contribution in [-0.4, -0.2) is 11.1 Å². The Balaban J connectivity index is 0. The van der Waals surface area contributed by atoms with Gasteiger partial charge in [-0.3, -0.25) is 0 Å². The molecule has 0 heterocycles. The highest BCUT2D eigenvalue weighted by Gasteiger charge is 2.00. The van der Waals surface area contributed by atoms with E-state index in [0.29, 0.717) is 5.57 Å². The van der Waals surface area contributed by atoms with Crippen molar-refractivity contribution in [2.45, 2.75) is 27.7 Å². The molecule has 0 saturated carbocycles. The summed E-state index contributed by atoms with van der Waals surface area (Å²) < 4.78 is 0.748. The van der Waals surface area contributed by atoms with E-state index in [1.807, 2.05) is 20.8 Å². The fourth-order valence-electron chi connectivity index (χ4n) is 0.463. The molecule has 0 aliphatic heterocycles. The van der Waals surface area contributed by atoms with Crippen LogP contribution in [-0.2, 0) is 4.79 Å². The molecule has 0 unspecified atom stereocenters.